The normalized spacial score (nSPS) is 24.1. The first-order chi connectivity index (χ1) is 8.79. The van der Waals surface area contributed by atoms with Gasteiger partial charge in [-0.05, 0) is 50.3 Å². The fourth-order valence-corrected chi connectivity index (χ4v) is 2.66. The maximum absolute atomic E-state index is 13.4. The van der Waals surface area contributed by atoms with E-state index in [1.807, 2.05) is 12.1 Å². The zero-order valence-electron chi connectivity index (χ0n) is 11.0. The van der Waals surface area contributed by atoms with Gasteiger partial charge in [0.25, 0.3) is 0 Å². The minimum atomic E-state index is -0.0993. The molecule has 1 aromatic rings. The minimum absolute atomic E-state index is 0.0993. The van der Waals surface area contributed by atoms with E-state index in [1.54, 1.807) is 13.2 Å². The molecule has 0 bridgehead atoms. The Labute approximate surface area is 109 Å². The van der Waals surface area contributed by atoms with Gasteiger partial charge < -0.3 is 10.1 Å². The quantitative estimate of drug-likeness (QED) is 0.868. The standard InChI is InChI=1S/C15H22FNO/c1-18-14-7-4-6-13(11-14)17-10-9-12-5-2-3-8-15(12)16/h2-3,5,8,13-14,17H,4,6-7,9-11H2,1H3. The van der Waals surface area contributed by atoms with Crippen LogP contribution in [-0.4, -0.2) is 25.8 Å². The molecule has 1 saturated carbocycles. The molecule has 1 N–H and O–H groups in total. The molecule has 1 aromatic carbocycles. The Morgan fingerprint density at radius 1 is 1.33 bits per heavy atom. The maximum atomic E-state index is 13.4. The smallest absolute Gasteiger partial charge is 0.126 e. The molecule has 0 amide bonds. The summed E-state index contributed by atoms with van der Waals surface area (Å²) >= 11 is 0. The van der Waals surface area contributed by atoms with Crippen LogP contribution >= 0.6 is 0 Å². The SMILES string of the molecule is COC1CCCC(NCCc2ccccc2F)C1. The van der Waals surface area contributed by atoms with Crippen molar-refractivity contribution >= 4 is 0 Å². The molecule has 0 radical (unpaired) electrons. The van der Waals surface area contributed by atoms with Crippen molar-refractivity contribution in [1.29, 1.82) is 0 Å². The summed E-state index contributed by atoms with van der Waals surface area (Å²) in [5, 5.41) is 3.51. The predicted octanol–water partition coefficient (Wildman–Crippen LogP) is 2.92. The van der Waals surface area contributed by atoms with E-state index < -0.39 is 0 Å². The maximum Gasteiger partial charge on any atom is 0.126 e. The van der Waals surface area contributed by atoms with Gasteiger partial charge in [0, 0.05) is 13.2 Å². The highest BCUT2D eigenvalue weighted by molar-refractivity contribution is 5.17. The van der Waals surface area contributed by atoms with Crippen molar-refractivity contribution in [2.75, 3.05) is 13.7 Å². The van der Waals surface area contributed by atoms with Crippen LogP contribution in [0.25, 0.3) is 0 Å². The summed E-state index contributed by atoms with van der Waals surface area (Å²) in [6.07, 6.45) is 5.81. The zero-order chi connectivity index (χ0) is 12.8. The molecular weight excluding hydrogens is 229 g/mol. The van der Waals surface area contributed by atoms with Gasteiger partial charge in [0.2, 0.25) is 0 Å². The number of hydrogen-bond donors (Lipinski definition) is 1. The molecule has 1 aliphatic carbocycles. The molecule has 1 fully saturated rings. The highest BCUT2D eigenvalue weighted by Gasteiger charge is 2.20. The molecule has 0 aromatic heterocycles. The van der Waals surface area contributed by atoms with Crippen LogP contribution in [0, 0.1) is 5.82 Å². The van der Waals surface area contributed by atoms with Crippen LogP contribution in [0.3, 0.4) is 0 Å². The lowest BCUT2D eigenvalue weighted by Gasteiger charge is -2.29. The molecular formula is C15H22FNO. The lowest BCUT2D eigenvalue weighted by molar-refractivity contribution is 0.0590. The summed E-state index contributed by atoms with van der Waals surface area (Å²) in [6.45, 7) is 0.835. The summed E-state index contributed by atoms with van der Waals surface area (Å²) in [4.78, 5) is 0. The Kier molecular flexibility index (Phi) is 5.14. The van der Waals surface area contributed by atoms with E-state index in [2.05, 4.69) is 5.32 Å². The van der Waals surface area contributed by atoms with Crippen LogP contribution in [0.5, 0.6) is 0 Å². The van der Waals surface area contributed by atoms with Crippen LogP contribution in [0.2, 0.25) is 0 Å². The van der Waals surface area contributed by atoms with Crippen molar-refractivity contribution in [3.8, 4) is 0 Å². The second-order valence-electron chi connectivity index (χ2n) is 5.02. The first-order valence-electron chi connectivity index (χ1n) is 6.79. The third-order valence-electron chi connectivity index (χ3n) is 3.74. The second kappa shape index (κ2) is 6.86. The molecule has 2 atom stereocenters. The number of ether oxygens (including phenoxy) is 1. The Morgan fingerprint density at radius 3 is 2.94 bits per heavy atom. The monoisotopic (exact) mass is 251 g/mol. The fraction of sp³-hybridized carbons (Fsp3) is 0.600. The van der Waals surface area contributed by atoms with Crippen molar-refractivity contribution in [1.82, 2.24) is 5.32 Å². The van der Waals surface area contributed by atoms with Crippen LogP contribution in [0.15, 0.2) is 24.3 Å². The molecule has 2 nitrogen and oxygen atoms in total. The highest BCUT2D eigenvalue weighted by Crippen LogP contribution is 2.20. The van der Waals surface area contributed by atoms with Gasteiger partial charge in [-0.3, -0.25) is 0 Å². The Morgan fingerprint density at radius 2 is 2.17 bits per heavy atom. The average Bonchev–Trinajstić information content (AvgIpc) is 2.41. The lowest BCUT2D eigenvalue weighted by atomic mass is 9.93. The van der Waals surface area contributed by atoms with Crippen molar-refractivity contribution in [2.24, 2.45) is 0 Å². The topological polar surface area (TPSA) is 21.3 Å². The molecule has 2 unspecified atom stereocenters. The van der Waals surface area contributed by atoms with Gasteiger partial charge in [-0.2, -0.15) is 0 Å². The van der Waals surface area contributed by atoms with Gasteiger partial charge in [-0.25, -0.2) is 4.39 Å². The van der Waals surface area contributed by atoms with Crippen molar-refractivity contribution < 1.29 is 9.13 Å². The first-order valence-corrected chi connectivity index (χ1v) is 6.79. The van der Waals surface area contributed by atoms with Crippen LogP contribution in [-0.2, 0) is 11.2 Å². The summed E-state index contributed by atoms with van der Waals surface area (Å²) in [5.41, 5.74) is 0.795. The fourth-order valence-electron chi connectivity index (χ4n) is 2.66. The van der Waals surface area contributed by atoms with Crippen molar-refractivity contribution in [3.05, 3.63) is 35.6 Å². The van der Waals surface area contributed by atoms with E-state index in [0.29, 0.717) is 12.1 Å². The summed E-state index contributed by atoms with van der Waals surface area (Å²) in [5.74, 6) is -0.0993. The van der Waals surface area contributed by atoms with Gasteiger partial charge >= 0.3 is 0 Å². The Bertz CT molecular complexity index is 369. The third kappa shape index (κ3) is 3.79. The van der Waals surface area contributed by atoms with Crippen molar-refractivity contribution in [3.63, 3.8) is 0 Å². The summed E-state index contributed by atoms with van der Waals surface area (Å²) in [6, 6.07) is 7.53. The first kappa shape index (κ1) is 13.5. The number of nitrogens with one attached hydrogen (secondary N) is 1. The number of methoxy groups -OCH3 is 1. The van der Waals surface area contributed by atoms with Gasteiger partial charge in [0.15, 0.2) is 0 Å². The number of rotatable bonds is 5. The number of halogens is 1. The Balaban J connectivity index is 1.73. The molecule has 2 rings (SSSR count). The van der Waals surface area contributed by atoms with Crippen molar-refractivity contribution in [2.45, 2.75) is 44.2 Å². The number of hydrogen-bond acceptors (Lipinski definition) is 2. The molecule has 0 heterocycles. The minimum Gasteiger partial charge on any atom is -0.381 e. The lowest BCUT2D eigenvalue weighted by Crippen LogP contribution is -2.37. The highest BCUT2D eigenvalue weighted by atomic mass is 19.1. The number of benzene rings is 1. The molecule has 0 spiro atoms. The third-order valence-corrected chi connectivity index (χ3v) is 3.74. The van der Waals surface area contributed by atoms with E-state index in [1.165, 1.54) is 25.3 Å². The molecule has 1 aliphatic rings. The van der Waals surface area contributed by atoms with E-state index in [9.17, 15) is 4.39 Å². The molecule has 3 heteroatoms. The predicted molar refractivity (Wildman–Crippen MR) is 71.2 cm³/mol. The van der Waals surface area contributed by atoms with Gasteiger partial charge in [0.05, 0.1) is 6.10 Å². The van der Waals surface area contributed by atoms with E-state index in [0.717, 1.165) is 24.9 Å². The largest absolute Gasteiger partial charge is 0.381 e. The van der Waals surface area contributed by atoms with Crippen LogP contribution < -0.4 is 5.32 Å². The molecule has 0 aliphatic heterocycles. The average molecular weight is 251 g/mol. The van der Waals surface area contributed by atoms with E-state index in [-0.39, 0.29) is 5.82 Å². The van der Waals surface area contributed by atoms with Crippen LogP contribution in [0.1, 0.15) is 31.2 Å². The summed E-state index contributed by atoms with van der Waals surface area (Å²) < 4.78 is 18.8. The van der Waals surface area contributed by atoms with E-state index >= 15 is 0 Å². The molecule has 0 saturated heterocycles. The van der Waals surface area contributed by atoms with E-state index in [4.69, 9.17) is 4.74 Å². The van der Waals surface area contributed by atoms with Crippen LogP contribution in [0.4, 0.5) is 4.39 Å². The van der Waals surface area contributed by atoms with Gasteiger partial charge in [0.1, 0.15) is 5.82 Å². The van der Waals surface area contributed by atoms with Gasteiger partial charge in [-0.15, -0.1) is 0 Å². The second-order valence-corrected chi connectivity index (χ2v) is 5.02. The Hall–Kier alpha value is -0.930. The van der Waals surface area contributed by atoms with Gasteiger partial charge in [-0.1, -0.05) is 18.2 Å². The zero-order valence-corrected chi connectivity index (χ0v) is 11.0. The molecule has 18 heavy (non-hydrogen) atoms. The molecule has 100 valence electrons. The summed E-state index contributed by atoms with van der Waals surface area (Å²) in [7, 11) is 1.78.